The number of nitrogens with one attached hydrogen (secondary N) is 2. The molecule has 0 aliphatic heterocycles. The number of carbonyl (C=O) groups is 1. The zero-order chi connectivity index (χ0) is 14.8. The minimum atomic E-state index is -0.191. The lowest BCUT2D eigenvalue weighted by Gasteiger charge is -2.17. The maximum Gasteiger partial charge on any atom is 0.315 e. The van der Waals surface area contributed by atoms with Crippen LogP contribution in [0.4, 0.5) is 4.79 Å². The van der Waals surface area contributed by atoms with E-state index < -0.39 is 0 Å². The summed E-state index contributed by atoms with van der Waals surface area (Å²) in [6.45, 7) is 6.40. The lowest BCUT2D eigenvalue weighted by atomic mass is 10.1. The van der Waals surface area contributed by atoms with Crippen LogP contribution in [0.15, 0.2) is 4.52 Å². The van der Waals surface area contributed by atoms with Crippen molar-refractivity contribution in [3.05, 3.63) is 17.0 Å². The summed E-state index contributed by atoms with van der Waals surface area (Å²) in [5.74, 6) is 0.800. The summed E-state index contributed by atoms with van der Waals surface area (Å²) in [5.41, 5.74) is 1.85. The molecule has 6 nitrogen and oxygen atoms in total. The molecule has 1 aromatic rings. The Morgan fingerprint density at radius 1 is 1.50 bits per heavy atom. The standard InChI is InChI=1S/C14H23N3O3/c1-9(6-12-10(2)17-20-11(12)3)16-13(19)15-7-14(8-18)4-5-14/h9,18H,4-8H2,1-3H3,(H2,15,16,19). The van der Waals surface area contributed by atoms with E-state index >= 15 is 0 Å². The summed E-state index contributed by atoms with van der Waals surface area (Å²) in [7, 11) is 0. The number of hydrogen-bond donors (Lipinski definition) is 3. The van der Waals surface area contributed by atoms with Crippen LogP contribution in [-0.2, 0) is 6.42 Å². The average Bonchev–Trinajstić information content (AvgIpc) is 3.14. The maximum absolute atomic E-state index is 11.8. The van der Waals surface area contributed by atoms with Crippen LogP contribution in [0, 0.1) is 19.3 Å². The molecule has 20 heavy (non-hydrogen) atoms. The van der Waals surface area contributed by atoms with Crippen LogP contribution in [0.25, 0.3) is 0 Å². The Kier molecular flexibility index (Phi) is 4.32. The molecule has 0 aromatic carbocycles. The monoisotopic (exact) mass is 281 g/mol. The van der Waals surface area contributed by atoms with Crippen LogP contribution in [0.2, 0.25) is 0 Å². The number of rotatable bonds is 6. The highest BCUT2D eigenvalue weighted by molar-refractivity contribution is 5.74. The average molecular weight is 281 g/mol. The first-order valence-electron chi connectivity index (χ1n) is 7.03. The second-order valence-corrected chi connectivity index (χ2v) is 5.89. The second kappa shape index (κ2) is 5.83. The van der Waals surface area contributed by atoms with Crippen LogP contribution >= 0.6 is 0 Å². The Hall–Kier alpha value is -1.56. The SMILES string of the molecule is Cc1noc(C)c1CC(C)NC(=O)NCC1(CO)CC1. The van der Waals surface area contributed by atoms with Crippen molar-refractivity contribution < 1.29 is 14.4 Å². The zero-order valence-electron chi connectivity index (χ0n) is 12.3. The number of aliphatic hydroxyl groups is 1. The predicted octanol–water partition coefficient (Wildman–Crippen LogP) is 1.29. The topological polar surface area (TPSA) is 87.4 Å². The van der Waals surface area contributed by atoms with Gasteiger partial charge >= 0.3 is 6.03 Å². The number of amides is 2. The van der Waals surface area contributed by atoms with Gasteiger partial charge in [-0.2, -0.15) is 0 Å². The van der Waals surface area contributed by atoms with Gasteiger partial charge in [0.05, 0.1) is 12.3 Å². The molecule has 0 saturated heterocycles. The number of urea groups is 1. The largest absolute Gasteiger partial charge is 0.396 e. The first-order valence-corrected chi connectivity index (χ1v) is 7.03. The lowest BCUT2D eigenvalue weighted by molar-refractivity contribution is 0.202. The highest BCUT2D eigenvalue weighted by Gasteiger charge is 2.42. The van der Waals surface area contributed by atoms with Gasteiger partial charge in [0.25, 0.3) is 0 Å². The molecule has 2 rings (SSSR count). The molecule has 6 heteroatoms. The number of aryl methyl sites for hydroxylation is 2. The van der Waals surface area contributed by atoms with Gasteiger partial charge in [-0.15, -0.1) is 0 Å². The molecule has 112 valence electrons. The Balaban J connectivity index is 1.76. The molecule has 1 saturated carbocycles. The molecule has 1 heterocycles. The third-order valence-corrected chi connectivity index (χ3v) is 3.99. The molecule has 1 fully saturated rings. The van der Waals surface area contributed by atoms with Gasteiger partial charge in [-0.1, -0.05) is 5.16 Å². The van der Waals surface area contributed by atoms with Gasteiger partial charge in [-0.25, -0.2) is 4.79 Å². The van der Waals surface area contributed by atoms with E-state index in [4.69, 9.17) is 4.52 Å². The van der Waals surface area contributed by atoms with Crippen molar-refractivity contribution in [1.29, 1.82) is 0 Å². The van der Waals surface area contributed by atoms with Gasteiger partial charge in [0, 0.05) is 23.6 Å². The van der Waals surface area contributed by atoms with E-state index in [1.165, 1.54) is 0 Å². The molecule has 3 N–H and O–H groups in total. The molecule has 0 spiro atoms. The molecular formula is C14H23N3O3. The van der Waals surface area contributed by atoms with Crippen LogP contribution in [0.3, 0.4) is 0 Å². The molecule has 1 aromatic heterocycles. The smallest absolute Gasteiger partial charge is 0.315 e. The van der Waals surface area contributed by atoms with Gasteiger partial charge in [0.15, 0.2) is 0 Å². The zero-order valence-corrected chi connectivity index (χ0v) is 12.3. The van der Waals surface area contributed by atoms with Crippen LogP contribution in [0.5, 0.6) is 0 Å². The Labute approximate surface area is 118 Å². The van der Waals surface area contributed by atoms with Crippen molar-refractivity contribution in [3.8, 4) is 0 Å². The van der Waals surface area contributed by atoms with Crippen LogP contribution < -0.4 is 10.6 Å². The first-order chi connectivity index (χ1) is 9.46. The van der Waals surface area contributed by atoms with Crippen molar-refractivity contribution in [2.24, 2.45) is 5.41 Å². The highest BCUT2D eigenvalue weighted by Crippen LogP contribution is 2.44. The van der Waals surface area contributed by atoms with E-state index in [9.17, 15) is 9.90 Å². The number of nitrogens with zero attached hydrogens (tertiary/aromatic N) is 1. The van der Waals surface area contributed by atoms with E-state index in [0.29, 0.717) is 13.0 Å². The molecule has 1 aliphatic carbocycles. The third kappa shape index (κ3) is 3.50. The molecule has 1 atom stereocenters. The molecule has 0 bridgehead atoms. The fourth-order valence-electron chi connectivity index (χ4n) is 2.26. The van der Waals surface area contributed by atoms with Crippen molar-refractivity contribution >= 4 is 6.03 Å². The summed E-state index contributed by atoms with van der Waals surface area (Å²) in [6.07, 6.45) is 2.66. The van der Waals surface area contributed by atoms with Gasteiger partial charge in [-0.05, 0) is 40.0 Å². The molecule has 0 radical (unpaired) electrons. The van der Waals surface area contributed by atoms with Crippen molar-refractivity contribution in [1.82, 2.24) is 15.8 Å². The van der Waals surface area contributed by atoms with E-state index in [0.717, 1.165) is 29.9 Å². The second-order valence-electron chi connectivity index (χ2n) is 5.89. The van der Waals surface area contributed by atoms with Crippen LogP contribution in [-0.4, -0.2) is 35.5 Å². The quantitative estimate of drug-likeness (QED) is 0.733. The van der Waals surface area contributed by atoms with Gasteiger partial charge in [0.2, 0.25) is 0 Å². The third-order valence-electron chi connectivity index (χ3n) is 3.99. The first kappa shape index (κ1) is 14.8. The van der Waals surface area contributed by atoms with E-state index in [1.54, 1.807) is 0 Å². The minimum absolute atomic E-state index is 0.00363. The van der Waals surface area contributed by atoms with Crippen molar-refractivity contribution in [3.63, 3.8) is 0 Å². The fourth-order valence-corrected chi connectivity index (χ4v) is 2.26. The fraction of sp³-hybridized carbons (Fsp3) is 0.714. The predicted molar refractivity (Wildman–Crippen MR) is 74.4 cm³/mol. The Morgan fingerprint density at radius 3 is 2.70 bits per heavy atom. The molecule has 2 amide bonds. The van der Waals surface area contributed by atoms with Gasteiger partial charge in [-0.3, -0.25) is 0 Å². The van der Waals surface area contributed by atoms with Crippen molar-refractivity contribution in [2.45, 2.75) is 46.1 Å². The Bertz CT molecular complexity index is 461. The number of aromatic nitrogens is 1. The summed E-state index contributed by atoms with van der Waals surface area (Å²) in [6, 6.07) is -0.194. The maximum atomic E-state index is 11.8. The molecule has 1 aliphatic rings. The van der Waals surface area contributed by atoms with E-state index in [2.05, 4.69) is 15.8 Å². The van der Waals surface area contributed by atoms with Gasteiger partial charge in [0.1, 0.15) is 5.76 Å². The summed E-state index contributed by atoms with van der Waals surface area (Å²) >= 11 is 0. The highest BCUT2D eigenvalue weighted by atomic mass is 16.5. The summed E-state index contributed by atoms with van der Waals surface area (Å²) < 4.78 is 5.11. The van der Waals surface area contributed by atoms with Gasteiger partial charge < -0.3 is 20.3 Å². The lowest BCUT2D eigenvalue weighted by Crippen LogP contribution is -2.44. The molecule has 1 unspecified atom stereocenters. The summed E-state index contributed by atoms with van der Waals surface area (Å²) in [5, 5.41) is 18.8. The van der Waals surface area contributed by atoms with E-state index in [1.807, 2.05) is 20.8 Å². The summed E-state index contributed by atoms with van der Waals surface area (Å²) in [4.78, 5) is 11.8. The van der Waals surface area contributed by atoms with Crippen molar-refractivity contribution in [2.75, 3.05) is 13.2 Å². The van der Waals surface area contributed by atoms with E-state index in [-0.39, 0.29) is 24.1 Å². The molecular weight excluding hydrogens is 258 g/mol. The normalized spacial score (nSPS) is 17.6. The Morgan fingerprint density at radius 2 is 2.20 bits per heavy atom. The number of aliphatic hydroxyl groups excluding tert-OH is 1. The minimum Gasteiger partial charge on any atom is -0.396 e. The number of carbonyl (C=O) groups excluding carboxylic acids is 1. The van der Waals surface area contributed by atoms with Crippen LogP contribution in [0.1, 0.15) is 36.8 Å². The number of hydrogen-bond acceptors (Lipinski definition) is 4.